The highest BCUT2D eigenvalue weighted by Gasteiger charge is 2.13. The van der Waals surface area contributed by atoms with Crippen molar-refractivity contribution in [3.8, 4) is 11.5 Å². The Bertz CT molecular complexity index is 664. The van der Waals surface area contributed by atoms with Crippen LogP contribution in [0, 0.1) is 0 Å². The van der Waals surface area contributed by atoms with Gasteiger partial charge >= 0.3 is 0 Å². The van der Waals surface area contributed by atoms with Crippen molar-refractivity contribution in [1.82, 2.24) is 5.32 Å². The third kappa shape index (κ3) is 7.91. The smallest absolute Gasteiger partial charge is 0.166 e. The Hall–Kier alpha value is -1.56. The van der Waals surface area contributed by atoms with Crippen molar-refractivity contribution in [3.05, 3.63) is 58.1 Å². The van der Waals surface area contributed by atoms with Gasteiger partial charge in [-0.05, 0) is 37.1 Å². The number of unbranched alkanes of at least 4 members (excludes halogenated alkanes) is 1. The zero-order chi connectivity index (χ0) is 19.3. The molecule has 0 aliphatic heterocycles. The summed E-state index contributed by atoms with van der Waals surface area (Å²) in [7, 11) is 1.67. The fraction of sp³-hybridized carbons (Fsp3) is 0.455. The molecule has 2 aromatic carbocycles. The summed E-state index contributed by atoms with van der Waals surface area (Å²) in [6.07, 6.45) is 3.30. The molecular formula is C22H30BrNO3. The van der Waals surface area contributed by atoms with Gasteiger partial charge in [-0.25, -0.2) is 0 Å². The highest BCUT2D eigenvalue weighted by molar-refractivity contribution is 9.10. The fourth-order valence-corrected chi connectivity index (χ4v) is 3.15. The maximum absolute atomic E-state index is 6.11. The van der Waals surface area contributed by atoms with Gasteiger partial charge in [0.25, 0.3) is 0 Å². The van der Waals surface area contributed by atoms with Crippen molar-refractivity contribution in [1.29, 1.82) is 0 Å². The Morgan fingerprint density at radius 2 is 1.81 bits per heavy atom. The molecule has 148 valence electrons. The van der Waals surface area contributed by atoms with E-state index in [-0.39, 0.29) is 0 Å². The van der Waals surface area contributed by atoms with E-state index in [0.29, 0.717) is 6.61 Å². The molecule has 0 aliphatic rings. The van der Waals surface area contributed by atoms with Crippen LogP contribution in [0.4, 0.5) is 0 Å². The van der Waals surface area contributed by atoms with Crippen molar-refractivity contribution in [2.24, 2.45) is 0 Å². The Labute approximate surface area is 171 Å². The molecule has 0 aliphatic carbocycles. The van der Waals surface area contributed by atoms with Crippen LogP contribution in [0.3, 0.4) is 0 Å². The van der Waals surface area contributed by atoms with Crippen molar-refractivity contribution >= 4 is 15.9 Å². The first kappa shape index (κ1) is 21.7. The number of rotatable bonds is 13. The first-order valence-electron chi connectivity index (χ1n) is 9.56. The van der Waals surface area contributed by atoms with E-state index in [2.05, 4.69) is 46.4 Å². The molecule has 0 amide bonds. The summed E-state index contributed by atoms with van der Waals surface area (Å²) >= 11 is 3.56. The molecule has 0 aromatic heterocycles. The van der Waals surface area contributed by atoms with Gasteiger partial charge in [-0.2, -0.15) is 0 Å². The first-order chi connectivity index (χ1) is 13.2. The molecule has 0 atom stereocenters. The van der Waals surface area contributed by atoms with Crippen molar-refractivity contribution in [2.45, 2.75) is 39.3 Å². The van der Waals surface area contributed by atoms with E-state index < -0.39 is 0 Å². The number of hydrogen-bond donors (Lipinski definition) is 1. The summed E-state index contributed by atoms with van der Waals surface area (Å²) in [4.78, 5) is 0. The van der Waals surface area contributed by atoms with Crippen LogP contribution >= 0.6 is 15.9 Å². The predicted molar refractivity (Wildman–Crippen MR) is 114 cm³/mol. The van der Waals surface area contributed by atoms with Crippen molar-refractivity contribution in [2.75, 3.05) is 26.9 Å². The van der Waals surface area contributed by atoms with E-state index in [0.717, 1.165) is 66.2 Å². The summed E-state index contributed by atoms with van der Waals surface area (Å²) in [5.41, 5.74) is 2.20. The van der Waals surface area contributed by atoms with Crippen molar-refractivity contribution in [3.63, 3.8) is 0 Å². The van der Waals surface area contributed by atoms with Crippen LogP contribution < -0.4 is 14.8 Å². The number of halogens is 1. The van der Waals surface area contributed by atoms with Crippen LogP contribution in [-0.4, -0.2) is 26.9 Å². The molecule has 1 N–H and O–H groups in total. The van der Waals surface area contributed by atoms with Crippen LogP contribution in [0.15, 0.2) is 46.9 Å². The van der Waals surface area contributed by atoms with E-state index in [1.54, 1.807) is 7.11 Å². The van der Waals surface area contributed by atoms with Gasteiger partial charge in [0.15, 0.2) is 11.5 Å². The van der Waals surface area contributed by atoms with Gasteiger partial charge in [0.05, 0.1) is 7.11 Å². The zero-order valence-corrected chi connectivity index (χ0v) is 17.9. The second kappa shape index (κ2) is 12.8. The van der Waals surface area contributed by atoms with Gasteiger partial charge in [0, 0.05) is 29.8 Å². The van der Waals surface area contributed by atoms with Gasteiger partial charge in [0.1, 0.15) is 6.61 Å². The third-order valence-corrected chi connectivity index (χ3v) is 4.60. The van der Waals surface area contributed by atoms with Crippen LogP contribution in [0.25, 0.3) is 0 Å². The normalized spacial score (nSPS) is 10.8. The minimum absolute atomic E-state index is 0.511. The average Bonchev–Trinajstić information content (AvgIpc) is 2.69. The minimum atomic E-state index is 0.511. The standard InChI is InChI=1S/C22H30BrNO3/c1-3-4-12-26-13-8-11-24-16-19-14-20(23)15-21(25-2)22(19)27-17-18-9-6-5-7-10-18/h5-7,9-10,14-15,24H,3-4,8,11-13,16-17H2,1-2H3. The molecule has 2 aromatic rings. The number of hydrogen-bond acceptors (Lipinski definition) is 4. The molecule has 0 unspecified atom stereocenters. The third-order valence-electron chi connectivity index (χ3n) is 4.14. The van der Waals surface area contributed by atoms with Crippen molar-refractivity contribution < 1.29 is 14.2 Å². The second-order valence-electron chi connectivity index (χ2n) is 6.37. The number of nitrogens with one attached hydrogen (secondary N) is 1. The predicted octanol–water partition coefficient (Wildman–Crippen LogP) is 5.33. The molecule has 27 heavy (non-hydrogen) atoms. The number of ether oxygens (including phenoxy) is 3. The molecule has 0 bridgehead atoms. The molecule has 0 heterocycles. The monoisotopic (exact) mass is 435 g/mol. The van der Waals surface area contributed by atoms with Crippen LogP contribution in [0.2, 0.25) is 0 Å². The molecule has 2 rings (SSSR count). The van der Waals surface area contributed by atoms with Crippen LogP contribution in [0.1, 0.15) is 37.3 Å². The second-order valence-corrected chi connectivity index (χ2v) is 7.28. The maximum Gasteiger partial charge on any atom is 0.166 e. The lowest BCUT2D eigenvalue weighted by atomic mass is 10.1. The molecule has 0 fully saturated rings. The van der Waals surface area contributed by atoms with E-state index in [4.69, 9.17) is 14.2 Å². The Kier molecular flexibility index (Phi) is 10.3. The molecule has 4 nitrogen and oxygen atoms in total. The van der Waals surface area contributed by atoms with Crippen LogP contribution in [0.5, 0.6) is 11.5 Å². The lowest BCUT2D eigenvalue weighted by Gasteiger charge is -2.16. The number of benzene rings is 2. The van der Waals surface area contributed by atoms with E-state index in [1.807, 2.05) is 24.3 Å². The van der Waals surface area contributed by atoms with Gasteiger partial charge in [-0.3, -0.25) is 0 Å². The van der Waals surface area contributed by atoms with Gasteiger partial charge in [-0.1, -0.05) is 59.6 Å². The molecule has 0 saturated carbocycles. The highest BCUT2D eigenvalue weighted by Crippen LogP contribution is 2.35. The topological polar surface area (TPSA) is 39.7 Å². The first-order valence-corrected chi connectivity index (χ1v) is 10.4. The zero-order valence-electron chi connectivity index (χ0n) is 16.3. The van der Waals surface area contributed by atoms with Gasteiger partial charge in [0.2, 0.25) is 0 Å². The molecule has 5 heteroatoms. The summed E-state index contributed by atoms with van der Waals surface area (Å²) in [5, 5.41) is 3.47. The van der Waals surface area contributed by atoms with E-state index in [9.17, 15) is 0 Å². The minimum Gasteiger partial charge on any atom is -0.493 e. The van der Waals surface area contributed by atoms with E-state index in [1.165, 1.54) is 6.42 Å². The Morgan fingerprint density at radius 3 is 2.56 bits per heavy atom. The quantitative estimate of drug-likeness (QED) is 0.431. The highest BCUT2D eigenvalue weighted by atomic mass is 79.9. The fourth-order valence-electron chi connectivity index (χ4n) is 2.67. The number of methoxy groups -OCH3 is 1. The van der Waals surface area contributed by atoms with Gasteiger partial charge < -0.3 is 19.5 Å². The Balaban J connectivity index is 1.90. The summed E-state index contributed by atoms with van der Waals surface area (Å²) in [6, 6.07) is 14.2. The average molecular weight is 436 g/mol. The summed E-state index contributed by atoms with van der Waals surface area (Å²) in [5.74, 6) is 1.52. The maximum atomic E-state index is 6.11. The van der Waals surface area contributed by atoms with Crippen LogP contribution in [-0.2, 0) is 17.9 Å². The van der Waals surface area contributed by atoms with E-state index >= 15 is 0 Å². The largest absolute Gasteiger partial charge is 0.493 e. The molecule has 0 spiro atoms. The lowest BCUT2D eigenvalue weighted by Crippen LogP contribution is -2.17. The SMILES string of the molecule is CCCCOCCCNCc1cc(Br)cc(OC)c1OCc1ccccc1. The summed E-state index contributed by atoms with van der Waals surface area (Å²) < 4.78 is 18.2. The lowest BCUT2D eigenvalue weighted by molar-refractivity contribution is 0.128. The van der Waals surface area contributed by atoms with Gasteiger partial charge in [-0.15, -0.1) is 0 Å². The molecular weight excluding hydrogens is 406 g/mol. The summed E-state index contributed by atoms with van der Waals surface area (Å²) in [6.45, 7) is 5.96. The molecule has 0 saturated heterocycles. The Morgan fingerprint density at radius 1 is 1.04 bits per heavy atom. The molecule has 0 radical (unpaired) electrons.